The molecule has 1 aliphatic rings. The first-order chi connectivity index (χ1) is 15.5. The number of piperidine rings is 1. The molecule has 0 radical (unpaired) electrons. The summed E-state index contributed by atoms with van der Waals surface area (Å²) in [5.41, 5.74) is 1.06. The van der Waals surface area contributed by atoms with Gasteiger partial charge in [-0.15, -0.1) is 11.3 Å². The predicted octanol–water partition coefficient (Wildman–Crippen LogP) is 4.47. The molecule has 1 amide bonds. The van der Waals surface area contributed by atoms with Gasteiger partial charge in [-0.05, 0) is 42.7 Å². The number of sulfonamides is 1. The van der Waals surface area contributed by atoms with Crippen LogP contribution in [0, 0.1) is 5.92 Å². The summed E-state index contributed by atoms with van der Waals surface area (Å²) in [4.78, 5) is 18.3. The summed E-state index contributed by atoms with van der Waals surface area (Å²) in [7, 11) is -3.56. The number of amides is 1. The van der Waals surface area contributed by atoms with Crippen LogP contribution in [0.1, 0.15) is 19.8 Å². The molecule has 3 heterocycles. The number of hydrogen-bond acceptors (Lipinski definition) is 5. The largest absolute Gasteiger partial charge is 0.317 e. The third kappa shape index (κ3) is 3.73. The van der Waals surface area contributed by atoms with E-state index in [1.165, 1.54) is 27.0 Å². The summed E-state index contributed by atoms with van der Waals surface area (Å²) >= 11 is 2.72. The highest BCUT2D eigenvalue weighted by atomic mass is 32.2. The van der Waals surface area contributed by atoms with Crippen molar-refractivity contribution in [2.24, 2.45) is 10.9 Å². The third-order valence-corrected chi connectivity index (χ3v) is 10.3. The Morgan fingerprint density at radius 2 is 2.00 bits per heavy atom. The van der Waals surface area contributed by atoms with Crippen molar-refractivity contribution in [3.05, 3.63) is 58.7 Å². The van der Waals surface area contributed by atoms with Crippen molar-refractivity contribution in [2.75, 3.05) is 13.1 Å². The summed E-state index contributed by atoms with van der Waals surface area (Å²) in [6, 6.07) is 15.7. The zero-order chi connectivity index (χ0) is 22.3. The number of aryl methyl sites for hydroxylation is 1. The van der Waals surface area contributed by atoms with Crippen LogP contribution < -0.4 is 4.80 Å². The van der Waals surface area contributed by atoms with E-state index in [1.54, 1.807) is 17.5 Å². The third-order valence-electron chi connectivity index (χ3n) is 5.92. The maximum absolute atomic E-state index is 13.1. The Kier molecular flexibility index (Phi) is 5.75. The zero-order valence-corrected chi connectivity index (χ0v) is 20.0. The lowest BCUT2D eigenvalue weighted by molar-refractivity contribution is -0.122. The van der Waals surface area contributed by atoms with Gasteiger partial charge < -0.3 is 4.57 Å². The van der Waals surface area contributed by atoms with Crippen molar-refractivity contribution in [1.29, 1.82) is 0 Å². The smallest absolute Gasteiger partial charge is 0.252 e. The van der Waals surface area contributed by atoms with Crippen LogP contribution in [-0.4, -0.2) is 36.3 Å². The highest BCUT2D eigenvalue weighted by Gasteiger charge is 2.33. The quantitative estimate of drug-likeness (QED) is 0.428. The molecule has 1 unspecified atom stereocenters. The lowest BCUT2D eigenvalue weighted by atomic mass is 9.99. The maximum atomic E-state index is 13.1. The molecule has 0 saturated carbocycles. The molecule has 1 aliphatic heterocycles. The number of rotatable bonds is 4. The lowest BCUT2D eigenvalue weighted by Crippen LogP contribution is -2.42. The van der Waals surface area contributed by atoms with Crippen LogP contribution in [-0.2, 0) is 21.4 Å². The molecule has 1 atom stereocenters. The van der Waals surface area contributed by atoms with Crippen molar-refractivity contribution >= 4 is 59.6 Å². The van der Waals surface area contributed by atoms with E-state index >= 15 is 0 Å². The summed E-state index contributed by atoms with van der Waals surface area (Å²) in [5.74, 6) is -0.667. The first-order valence-corrected chi connectivity index (χ1v) is 13.8. The monoisotopic (exact) mass is 485 g/mol. The fraction of sp³-hybridized carbons (Fsp3) is 0.304. The molecule has 2 aromatic heterocycles. The Hall–Kier alpha value is -2.33. The highest BCUT2D eigenvalue weighted by Crippen LogP contribution is 2.29. The van der Waals surface area contributed by atoms with E-state index in [9.17, 15) is 13.2 Å². The van der Waals surface area contributed by atoms with Crippen molar-refractivity contribution in [2.45, 2.75) is 30.5 Å². The topological polar surface area (TPSA) is 71.7 Å². The second-order valence-electron chi connectivity index (χ2n) is 7.85. The van der Waals surface area contributed by atoms with Crippen molar-refractivity contribution < 1.29 is 13.2 Å². The van der Waals surface area contributed by atoms with Gasteiger partial charge in [0.05, 0.1) is 16.1 Å². The van der Waals surface area contributed by atoms with Gasteiger partial charge in [0, 0.05) is 25.0 Å². The van der Waals surface area contributed by atoms with Crippen LogP contribution in [0.15, 0.2) is 63.1 Å². The number of nitrogens with zero attached hydrogens (tertiary/aromatic N) is 3. The minimum absolute atomic E-state index is 0.183. The standard InChI is InChI=1S/C23H23N3O3S3/c1-2-26-19-12-11-16-7-3-4-9-18(16)21(19)31-23(26)24-22(27)17-8-5-13-25(15-17)32(28,29)20-10-6-14-30-20/h3-4,6-7,9-12,14,17H,2,5,8,13,15H2,1H3. The number of carbonyl (C=O) groups excluding carboxylic acids is 1. The summed E-state index contributed by atoms with van der Waals surface area (Å²) in [6.45, 7) is 3.37. The molecule has 1 fully saturated rings. The van der Waals surface area contributed by atoms with Gasteiger partial charge in [-0.3, -0.25) is 4.79 Å². The van der Waals surface area contributed by atoms with Crippen molar-refractivity contribution in [1.82, 2.24) is 8.87 Å². The second-order valence-corrected chi connectivity index (χ2v) is 11.9. The van der Waals surface area contributed by atoms with E-state index in [0.717, 1.165) is 21.0 Å². The molecular weight excluding hydrogens is 462 g/mol. The van der Waals surface area contributed by atoms with E-state index in [2.05, 4.69) is 33.8 Å². The van der Waals surface area contributed by atoms with E-state index < -0.39 is 15.9 Å². The second kappa shape index (κ2) is 8.55. The van der Waals surface area contributed by atoms with Crippen molar-refractivity contribution in [3.8, 4) is 0 Å². The van der Waals surface area contributed by atoms with Crippen LogP contribution in [0.4, 0.5) is 0 Å². The van der Waals surface area contributed by atoms with E-state index in [4.69, 9.17) is 0 Å². The van der Waals surface area contributed by atoms with Gasteiger partial charge in [-0.1, -0.05) is 47.7 Å². The SMILES string of the molecule is CCn1c(=NC(=O)C2CCCN(S(=O)(=O)c3cccs3)C2)sc2c3ccccc3ccc21. The summed E-state index contributed by atoms with van der Waals surface area (Å²) in [5, 5.41) is 4.06. The fourth-order valence-electron chi connectivity index (χ4n) is 4.27. The summed E-state index contributed by atoms with van der Waals surface area (Å²) in [6.07, 6.45) is 1.31. The van der Waals surface area contributed by atoms with Gasteiger partial charge in [0.15, 0.2) is 4.80 Å². The minimum Gasteiger partial charge on any atom is -0.317 e. The number of thiophene rings is 1. The molecule has 5 rings (SSSR count). The lowest BCUT2D eigenvalue weighted by Gasteiger charge is -2.29. The van der Waals surface area contributed by atoms with Gasteiger partial charge in [-0.25, -0.2) is 8.42 Å². The van der Waals surface area contributed by atoms with E-state index in [-0.39, 0.29) is 12.5 Å². The van der Waals surface area contributed by atoms with Gasteiger partial charge >= 0.3 is 0 Å². The number of hydrogen-bond donors (Lipinski definition) is 0. The first kappa shape index (κ1) is 21.5. The molecule has 2 aromatic carbocycles. The van der Waals surface area contributed by atoms with Gasteiger partial charge in [0.2, 0.25) is 0 Å². The van der Waals surface area contributed by atoms with E-state index in [0.29, 0.717) is 34.9 Å². The molecule has 0 aliphatic carbocycles. The molecule has 4 aromatic rings. The molecule has 9 heteroatoms. The van der Waals surface area contributed by atoms with Crippen LogP contribution in [0.3, 0.4) is 0 Å². The number of aromatic nitrogens is 1. The van der Waals surface area contributed by atoms with E-state index in [1.807, 2.05) is 19.1 Å². The van der Waals surface area contributed by atoms with Crippen LogP contribution in [0.25, 0.3) is 21.0 Å². The minimum atomic E-state index is -3.56. The molecule has 0 N–H and O–H groups in total. The van der Waals surface area contributed by atoms with Gasteiger partial charge in [0.25, 0.3) is 15.9 Å². The number of fused-ring (bicyclic) bond motifs is 3. The molecule has 0 bridgehead atoms. The summed E-state index contributed by atoms with van der Waals surface area (Å²) < 4.78 is 30.8. The molecular formula is C23H23N3O3S3. The predicted molar refractivity (Wildman–Crippen MR) is 129 cm³/mol. The Morgan fingerprint density at radius 1 is 1.16 bits per heavy atom. The Balaban J connectivity index is 1.49. The number of thiazole rings is 1. The van der Waals surface area contributed by atoms with Crippen LogP contribution in [0.5, 0.6) is 0 Å². The normalized spacial score (nSPS) is 18.5. The molecule has 166 valence electrons. The molecule has 1 saturated heterocycles. The average molecular weight is 486 g/mol. The van der Waals surface area contributed by atoms with Crippen molar-refractivity contribution in [3.63, 3.8) is 0 Å². The number of carbonyl (C=O) groups is 1. The maximum Gasteiger partial charge on any atom is 0.252 e. The molecule has 0 spiro atoms. The molecule has 32 heavy (non-hydrogen) atoms. The average Bonchev–Trinajstić information content (AvgIpc) is 3.47. The first-order valence-electron chi connectivity index (χ1n) is 10.6. The molecule has 6 nitrogen and oxygen atoms in total. The Morgan fingerprint density at radius 3 is 2.78 bits per heavy atom. The van der Waals surface area contributed by atoms with Gasteiger partial charge in [-0.2, -0.15) is 9.30 Å². The van der Waals surface area contributed by atoms with Crippen LogP contribution >= 0.6 is 22.7 Å². The van der Waals surface area contributed by atoms with Crippen LogP contribution in [0.2, 0.25) is 0 Å². The number of benzene rings is 2. The zero-order valence-electron chi connectivity index (χ0n) is 17.6. The Labute approximate surface area is 194 Å². The Bertz CT molecular complexity index is 1470. The van der Waals surface area contributed by atoms with Gasteiger partial charge in [0.1, 0.15) is 4.21 Å². The fourth-order valence-corrected chi connectivity index (χ4v) is 8.18. The highest BCUT2D eigenvalue weighted by molar-refractivity contribution is 7.91.